The molecule has 0 fully saturated rings. The molecular weight excluding hydrogens is 278 g/mol. The van der Waals surface area contributed by atoms with E-state index >= 15 is 0 Å². The van der Waals surface area contributed by atoms with Crippen LogP contribution in [0.1, 0.15) is 29.7 Å². The Hall–Kier alpha value is -2.38. The number of hydrogen-bond acceptors (Lipinski definition) is 1. The van der Waals surface area contributed by atoms with Crippen molar-refractivity contribution in [2.24, 2.45) is 0 Å². The highest BCUT2D eigenvalue weighted by molar-refractivity contribution is 5.31. The minimum absolute atomic E-state index is 0.219. The maximum atomic E-state index is 3.80. The minimum atomic E-state index is 0.219. The smallest absolute Gasteiger partial charge is 0.0578 e. The van der Waals surface area contributed by atoms with Crippen LogP contribution >= 0.6 is 0 Å². The molecule has 23 heavy (non-hydrogen) atoms. The van der Waals surface area contributed by atoms with Crippen molar-refractivity contribution in [1.82, 2.24) is 5.32 Å². The van der Waals surface area contributed by atoms with Gasteiger partial charge in [0.2, 0.25) is 0 Å². The van der Waals surface area contributed by atoms with E-state index in [1.54, 1.807) is 0 Å². The average Bonchev–Trinajstić information content (AvgIpc) is 2.62. The average molecular weight is 301 g/mol. The van der Waals surface area contributed by atoms with Gasteiger partial charge in [0.15, 0.2) is 0 Å². The van der Waals surface area contributed by atoms with Gasteiger partial charge in [0.1, 0.15) is 0 Å². The van der Waals surface area contributed by atoms with E-state index < -0.39 is 0 Å². The molecule has 1 atom stereocenters. The molecule has 3 aromatic rings. The molecule has 0 spiro atoms. The van der Waals surface area contributed by atoms with Crippen LogP contribution in [0.15, 0.2) is 91.0 Å². The Kier molecular flexibility index (Phi) is 5.23. The molecule has 3 aromatic carbocycles. The summed E-state index contributed by atoms with van der Waals surface area (Å²) >= 11 is 0. The summed E-state index contributed by atoms with van der Waals surface area (Å²) in [5, 5.41) is 3.80. The summed E-state index contributed by atoms with van der Waals surface area (Å²) in [5.41, 5.74) is 3.98. The lowest BCUT2D eigenvalue weighted by Gasteiger charge is -2.24. The Bertz CT molecular complexity index is 652. The van der Waals surface area contributed by atoms with Gasteiger partial charge in [0.25, 0.3) is 0 Å². The van der Waals surface area contributed by atoms with Gasteiger partial charge in [0.05, 0.1) is 6.04 Å². The van der Waals surface area contributed by atoms with Crippen LogP contribution in [0.3, 0.4) is 0 Å². The standard InChI is InChI=1S/C22H23N/c1-18(17-19-11-5-2-6-12-19)23-22(20-13-7-3-8-14-20)21-15-9-4-10-16-21/h2-16,18,22-23H,17H2,1H3/t18-/m1/s1. The van der Waals surface area contributed by atoms with Crippen LogP contribution in [0, 0.1) is 0 Å². The predicted molar refractivity (Wildman–Crippen MR) is 97.5 cm³/mol. The van der Waals surface area contributed by atoms with Gasteiger partial charge in [-0.1, -0.05) is 91.0 Å². The van der Waals surface area contributed by atoms with E-state index in [0.29, 0.717) is 6.04 Å². The van der Waals surface area contributed by atoms with Crippen LogP contribution in [-0.2, 0) is 6.42 Å². The Labute approximate surface area is 139 Å². The molecule has 0 heterocycles. The summed E-state index contributed by atoms with van der Waals surface area (Å²) in [6, 6.07) is 32.6. The molecular formula is C22H23N. The Balaban J connectivity index is 1.79. The maximum absolute atomic E-state index is 3.80. The zero-order valence-corrected chi connectivity index (χ0v) is 13.5. The summed E-state index contributed by atoms with van der Waals surface area (Å²) < 4.78 is 0. The van der Waals surface area contributed by atoms with Crippen molar-refractivity contribution in [3.8, 4) is 0 Å². The molecule has 0 radical (unpaired) electrons. The quantitative estimate of drug-likeness (QED) is 0.676. The number of rotatable bonds is 6. The van der Waals surface area contributed by atoms with Crippen molar-refractivity contribution in [2.75, 3.05) is 0 Å². The molecule has 0 aromatic heterocycles. The summed E-state index contributed by atoms with van der Waals surface area (Å²) in [7, 11) is 0. The van der Waals surface area contributed by atoms with Gasteiger partial charge in [-0.25, -0.2) is 0 Å². The minimum Gasteiger partial charge on any atom is -0.303 e. The first kappa shape index (κ1) is 15.5. The molecule has 0 amide bonds. The topological polar surface area (TPSA) is 12.0 Å². The first-order chi connectivity index (χ1) is 11.3. The third kappa shape index (κ3) is 4.30. The monoisotopic (exact) mass is 301 g/mol. The van der Waals surface area contributed by atoms with E-state index in [0.717, 1.165) is 6.42 Å². The molecule has 0 aliphatic carbocycles. The highest BCUT2D eigenvalue weighted by Crippen LogP contribution is 2.22. The van der Waals surface area contributed by atoms with Crippen LogP contribution < -0.4 is 5.32 Å². The van der Waals surface area contributed by atoms with Gasteiger partial charge in [0, 0.05) is 6.04 Å². The molecule has 0 saturated heterocycles. The molecule has 3 rings (SSSR count). The lowest BCUT2D eigenvalue weighted by Crippen LogP contribution is -2.32. The summed E-state index contributed by atoms with van der Waals surface area (Å²) in [6.45, 7) is 2.26. The first-order valence-electron chi connectivity index (χ1n) is 8.23. The van der Waals surface area contributed by atoms with E-state index in [-0.39, 0.29) is 6.04 Å². The van der Waals surface area contributed by atoms with E-state index in [9.17, 15) is 0 Å². The molecule has 0 aliphatic heterocycles. The summed E-state index contributed by atoms with van der Waals surface area (Å²) in [6.07, 6.45) is 1.02. The van der Waals surface area contributed by atoms with Gasteiger partial charge < -0.3 is 5.32 Å². The van der Waals surface area contributed by atoms with Crippen molar-refractivity contribution >= 4 is 0 Å². The lowest BCUT2D eigenvalue weighted by molar-refractivity contribution is 0.496. The Morgan fingerprint density at radius 2 is 1.09 bits per heavy atom. The predicted octanol–water partition coefficient (Wildman–Crippen LogP) is 5.00. The fraction of sp³-hybridized carbons (Fsp3) is 0.182. The lowest BCUT2D eigenvalue weighted by atomic mass is 9.97. The summed E-state index contributed by atoms with van der Waals surface area (Å²) in [5.74, 6) is 0. The van der Waals surface area contributed by atoms with Crippen molar-refractivity contribution in [3.05, 3.63) is 108 Å². The van der Waals surface area contributed by atoms with Crippen molar-refractivity contribution < 1.29 is 0 Å². The molecule has 0 unspecified atom stereocenters. The first-order valence-corrected chi connectivity index (χ1v) is 8.23. The van der Waals surface area contributed by atoms with Gasteiger partial charge in [-0.05, 0) is 30.0 Å². The van der Waals surface area contributed by atoms with Gasteiger partial charge in [-0.15, -0.1) is 0 Å². The summed E-state index contributed by atoms with van der Waals surface area (Å²) in [4.78, 5) is 0. The second kappa shape index (κ2) is 7.75. The van der Waals surface area contributed by atoms with Crippen molar-refractivity contribution in [2.45, 2.75) is 25.4 Å². The van der Waals surface area contributed by atoms with Crippen LogP contribution in [0.5, 0.6) is 0 Å². The fourth-order valence-electron chi connectivity index (χ4n) is 2.99. The van der Waals surface area contributed by atoms with Crippen LogP contribution in [0.2, 0.25) is 0 Å². The highest BCUT2D eigenvalue weighted by Gasteiger charge is 2.16. The maximum Gasteiger partial charge on any atom is 0.0578 e. The molecule has 116 valence electrons. The number of benzene rings is 3. The third-order valence-corrected chi connectivity index (χ3v) is 4.10. The second-order valence-electron chi connectivity index (χ2n) is 6.01. The normalized spacial score (nSPS) is 12.3. The van der Waals surface area contributed by atoms with E-state index in [1.807, 2.05) is 0 Å². The van der Waals surface area contributed by atoms with Gasteiger partial charge >= 0.3 is 0 Å². The van der Waals surface area contributed by atoms with Crippen molar-refractivity contribution in [1.29, 1.82) is 0 Å². The molecule has 1 heteroatoms. The zero-order chi connectivity index (χ0) is 15.9. The van der Waals surface area contributed by atoms with Crippen molar-refractivity contribution in [3.63, 3.8) is 0 Å². The van der Waals surface area contributed by atoms with Crippen LogP contribution in [0.25, 0.3) is 0 Å². The highest BCUT2D eigenvalue weighted by atomic mass is 14.9. The van der Waals surface area contributed by atoms with Gasteiger partial charge in [-0.2, -0.15) is 0 Å². The fourth-order valence-corrected chi connectivity index (χ4v) is 2.99. The Morgan fingerprint density at radius 1 is 0.652 bits per heavy atom. The molecule has 1 nitrogen and oxygen atoms in total. The Morgan fingerprint density at radius 3 is 1.57 bits per heavy atom. The SMILES string of the molecule is C[C@H](Cc1ccccc1)NC(c1ccccc1)c1ccccc1. The third-order valence-electron chi connectivity index (χ3n) is 4.10. The number of nitrogens with one attached hydrogen (secondary N) is 1. The zero-order valence-electron chi connectivity index (χ0n) is 13.5. The van der Waals surface area contributed by atoms with Crippen LogP contribution in [-0.4, -0.2) is 6.04 Å². The largest absolute Gasteiger partial charge is 0.303 e. The van der Waals surface area contributed by atoms with Crippen LogP contribution in [0.4, 0.5) is 0 Å². The number of hydrogen-bond donors (Lipinski definition) is 1. The van der Waals surface area contributed by atoms with E-state index in [1.165, 1.54) is 16.7 Å². The van der Waals surface area contributed by atoms with E-state index in [4.69, 9.17) is 0 Å². The van der Waals surface area contributed by atoms with E-state index in [2.05, 4.69) is 103 Å². The molecule has 1 N–H and O–H groups in total. The molecule has 0 bridgehead atoms. The molecule has 0 saturated carbocycles. The molecule has 0 aliphatic rings. The second-order valence-corrected chi connectivity index (χ2v) is 6.01. The van der Waals surface area contributed by atoms with Gasteiger partial charge in [-0.3, -0.25) is 0 Å².